The van der Waals surface area contributed by atoms with Gasteiger partial charge in [0.2, 0.25) is 0 Å². The van der Waals surface area contributed by atoms with E-state index in [2.05, 4.69) is 10.3 Å². The van der Waals surface area contributed by atoms with Gasteiger partial charge in [-0.1, -0.05) is 29.5 Å². The number of aromatic nitrogens is 3. The highest BCUT2D eigenvalue weighted by molar-refractivity contribution is 6.10. The number of carbonyl (C=O) groups is 2. The van der Waals surface area contributed by atoms with Gasteiger partial charge in [-0.05, 0) is 54.5 Å². The summed E-state index contributed by atoms with van der Waals surface area (Å²) in [6, 6.07) is 9.81. The van der Waals surface area contributed by atoms with Crippen molar-refractivity contribution in [2.45, 2.75) is 33.1 Å². The largest absolute Gasteiger partial charge is 0.508 e. The number of carbonyl (C=O) groups excluding carboxylic acids is 2. The second-order valence-electron chi connectivity index (χ2n) is 9.42. The molecule has 12 nitrogen and oxygen atoms in total. The molecule has 2 N–H and O–H groups in total. The van der Waals surface area contributed by atoms with Crippen molar-refractivity contribution < 1.29 is 43.5 Å². The van der Waals surface area contributed by atoms with E-state index in [1.807, 2.05) is 6.92 Å². The summed E-state index contributed by atoms with van der Waals surface area (Å²) in [4.78, 5) is 24.5. The highest BCUT2D eigenvalue weighted by Gasteiger charge is 2.09. The normalized spacial score (nSPS) is 11.4. The Kier molecular flexibility index (Phi) is 14.8. The zero-order chi connectivity index (χ0) is 31.6. The van der Waals surface area contributed by atoms with Gasteiger partial charge in [0, 0.05) is 12.2 Å². The van der Waals surface area contributed by atoms with E-state index in [4.69, 9.17) is 23.7 Å². The summed E-state index contributed by atoms with van der Waals surface area (Å²) in [5.41, 5.74) is 2.30. The smallest absolute Gasteiger partial charge is 0.163 e. The van der Waals surface area contributed by atoms with Crippen molar-refractivity contribution in [3.8, 4) is 17.2 Å². The third-order valence-corrected chi connectivity index (χ3v) is 6.11. The van der Waals surface area contributed by atoms with Crippen LogP contribution in [-0.2, 0) is 43.6 Å². The van der Waals surface area contributed by atoms with Gasteiger partial charge >= 0.3 is 0 Å². The zero-order valence-corrected chi connectivity index (χ0v) is 25.0. The average molecular weight is 610 g/mol. The summed E-state index contributed by atoms with van der Waals surface area (Å²) in [5.74, 6) is 0.209. The van der Waals surface area contributed by atoms with Crippen LogP contribution < -0.4 is 9.47 Å². The van der Waals surface area contributed by atoms with Gasteiger partial charge in [-0.3, -0.25) is 9.59 Å². The van der Waals surface area contributed by atoms with Crippen molar-refractivity contribution in [3.05, 3.63) is 77.1 Å². The Morgan fingerprint density at radius 2 is 1.55 bits per heavy atom. The molecule has 0 aliphatic heterocycles. The SMILES string of the molecule is CCOCCOCCOCCn1cc(COc2ccc(C=CC(=O)CC(=O)C=Cc3ccc(O)c(CO)c3)cc2OC)nn1. The molecule has 0 aliphatic carbocycles. The minimum Gasteiger partial charge on any atom is -0.508 e. The van der Waals surface area contributed by atoms with Gasteiger partial charge in [-0.15, -0.1) is 5.10 Å². The van der Waals surface area contributed by atoms with Gasteiger partial charge in [-0.2, -0.15) is 0 Å². The molecule has 44 heavy (non-hydrogen) atoms. The fourth-order valence-corrected chi connectivity index (χ4v) is 3.82. The molecule has 0 saturated heterocycles. The molecule has 236 valence electrons. The molecule has 1 heterocycles. The number of hydrogen-bond donors (Lipinski definition) is 2. The number of benzene rings is 2. The molecule has 0 amide bonds. The van der Waals surface area contributed by atoms with Crippen LogP contribution in [0.2, 0.25) is 0 Å². The number of allylic oxidation sites excluding steroid dienone is 2. The Morgan fingerprint density at radius 1 is 0.886 bits per heavy atom. The predicted molar refractivity (Wildman–Crippen MR) is 162 cm³/mol. The van der Waals surface area contributed by atoms with E-state index < -0.39 is 0 Å². The molecular formula is C32H39N3O9. The van der Waals surface area contributed by atoms with Crippen LogP contribution in [0.4, 0.5) is 0 Å². The first-order valence-electron chi connectivity index (χ1n) is 14.2. The Balaban J connectivity index is 1.42. The van der Waals surface area contributed by atoms with Crippen molar-refractivity contribution in [2.24, 2.45) is 0 Å². The third-order valence-electron chi connectivity index (χ3n) is 6.11. The summed E-state index contributed by atoms with van der Waals surface area (Å²) in [6.07, 6.45) is 7.24. The first-order chi connectivity index (χ1) is 21.4. The fourth-order valence-electron chi connectivity index (χ4n) is 3.82. The van der Waals surface area contributed by atoms with E-state index in [0.717, 1.165) is 0 Å². The number of aromatic hydroxyl groups is 1. The van der Waals surface area contributed by atoms with Crippen molar-refractivity contribution in [1.82, 2.24) is 15.0 Å². The predicted octanol–water partition coefficient (Wildman–Crippen LogP) is 3.39. The van der Waals surface area contributed by atoms with Crippen LogP contribution in [0.15, 0.2) is 54.7 Å². The molecule has 0 spiro atoms. The maximum absolute atomic E-state index is 12.3. The van der Waals surface area contributed by atoms with E-state index >= 15 is 0 Å². The van der Waals surface area contributed by atoms with Crippen molar-refractivity contribution >= 4 is 23.7 Å². The average Bonchev–Trinajstić information content (AvgIpc) is 3.49. The van der Waals surface area contributed by atoms with Gasteiger partial charge in [0.05, 0.1) is 65.9 Å². The number of ether oxygens (including phenoxy) is 5. The molecule has 0 fully saturated rings. The third kappa shape index (κ3) is 12.1. The minimum absolute atomic E-state index is 0.0264. The first kappa shape index (κ1) is 34.1. The van der Waals surface area contributed by atoms with Gasteiger partial charge < -0.3 is 33.9 Å². The van der Waals surface area contributed by atoms with Crippen LogP contribution in [0.1, 0.15) is 35.7 Å². The van der Waals surface area contributed by atoms with Gasteiger partial charge in [0.15, 0.2) is 23.1 Å². The summed E-state index contributed by atoms with van der Waals surface area (Å²) in [7, 11) is 1.52. The van der Waals surface area contributed by atoms with Crippen LogP contribution in [0.3, 0.4) is 0 Å². The van der Waals surface area contributed by atoms with Crippen LogP contribution in [-0.4, -0.2) is 83.5 Å². The second kappa shape index (κ2) is 19.0. The van der Waals surface area contributed by atoms with Gasteiger partial charge in [0.25, 0.3) is 0 Å². The van der Waals surface area contributed by atoms with E-state index in [1.165, 1.54) is 31.4 Å². The summed E-state index contributed by atoms with van der Waals surface area (Å²) < 4.78 is 29.2. The Morgan fingerprint density at radius 3 is 2.23 bits per heavy atom. The Labute approximate surface area is 256 Å². The molecular weight excluding hydrogens is 570 g/mol. The number of aliphatic hydroxyl groups excluding tert-OH is 1. The van der Waals surface area contributed by atoms with Gasteiger partial charge in [-0.25, -0.2) is 4.68 Å². The topological polar surface area (TPSA) is 151 Å². The van der Waals surface area contributed by atoms with Crippen molar-refractivity contribution in [3.63, 3.8) is 0 Å². The number of hydrogen-bond acceptors (Lipinski definition) is 11. The summed E-state index contributed by atoms with van der Waals surface area (Å²) >= 11 is 0. The van der Waals surface area contributed by atoms with Crippen molar-refractivity contribution in [2.75, 3.05) is 46.8 Å². The quantitative estimate of drug-likeness (QED) is 0.104. The molecule has 12 heteroatoms. The lowest BCUT2D eigenvalue weighted by molar-refractivity contribution is -0.121. The zero-order valence-electron chi connectivity index (χ0n) is 25.0. The van der Waals surface area contributed by atoms with Gasteiger partial charge in [0.1, 0.15) is 18.1 Å². The standard InChI is InChI=1S/C32H39N3O9/c1-3-41-14-15-43-17-16-42-13-12-35-21-27(33-34-35)23-44-31-11-7-25(19-32(31)40-2)5-9-29(38)20-28(37)8-4-24-6-10-30(39)26(18-24)22-36/h4-11,18-19,21,36,39H,3,12-17,20,22-23H2,1-2H3. The van der Waals surface area contributed by atoms with E-state index in [9.17, 15) is 19.8 Å². The van der Waals surface area contributed by atoms with Crippen LogP contribution in [0.5, 0.6) is 17.2 Å². The van der Waals surface area contributed by atoms with E-state index in [-0.39, 0.29) is 37.0 Å². The molecule has 2 aromatic carbocycles. The molecule has 0 radical (unpaired) electrons. The first-order valence-corrected chi connectivity index (χ1v) is 14.2. The van der Waals surface area contributed by atoms with Crippen LogP contribution >= 0.6 is 0 Å². The van der Waals surface area contributed by atoms with E-state index in [0.29, 0.717) is 80.1 Å². The molecule has 0 atom stereocenters. The number of aliphatic hydroxyl groups is 1. The summed E-state index contributed by atoms with van der Waals surface area (Å²) in [6.45, 7) is 5.61. The van der Waals surface area contributed by atoms with Crippen LogP contribution in [0.25, 0.3) is 12.2 Å². The molecule has 0 aliphatic rings. The number of rotatable bonds is 21. The number of ketones is 2. The molecule has 0 saturated carbocycles. The maximum Gasteiger partial charge on any atom is 0.163 e. The number of phenols is 1. The molecule has 3 aromatic rings. The highest BCUT2D eigenvalue weighted by Crippen LogP contribution is 2.29. The van der Waals surface area contributed by atoms with Crippen molar-refractivity contribution in [1.29, 1.82) is 0 Å². The monoisotopic (exact) mass is 609 g/mol. The molecule has 3 rings (SSSR count). The second-order valence-corrected chi connectivity index (χ2v) is 9.42. The minimum atomic E-state index is -0.372. The number of methoxy groups -OCH3 is 1. The molecule has 0 bridgehead atoms. The lowest BCUT2D eigenvalue weighted by Crippen LogP contribution is -2.12. The lowest BCUT2D eigenvalue weighted by Gasteiger charge is -2.10. The Bertz CT molecular complexity index is 1400. The highest BCUT2D eigenvalue weighted by atomic mass is 16.5. The fraction of sp³-hybridized carbons (Fsp3) is 0.375. The lowest BCUT2D eigenvalue weighted by atomic mass is 10.1. The Hall–Kier alpha value is -4.36. The van der Waals surface area contributed by atoms with Crippen LogP contribution in [0, 0.1) is 0 Å². The van der Waals surface area contributed by atoms with E-state index in [1.54, 1.807) is 47.3 Å². The molecule has 0 unspecified atom stereocenters. The number of nitrogens with zero attached hydrogens (tertiary/aromatic N) is 3. The maximum atomic E-state index is 12.3. The molecule has 1 aromatic heterocycles. The summed E-state index contributed by atoms with van der Waals surface area (Å²) in [5, 5.41) is 27.1.